The number of nitrogens with zero attached hydrogens (tertiary/aromatic N) is 5. The van der Waals surface area contributed by atoms with Gasteiger partial charge in [-0.15, -0.1) is 0 Å². The number of ether oxygens (including phenoxy) is 1. The summed E-state index contributed by atoms with van der Waals surface area (Å²) in [6.07, 6.45) is -2.92. The third kappa shape index (κ3) is 3.73. The molecule has 0 saturated carbocycles. The molecule has 5 heterocycles. The number of hydrogen-bond donors (Lipinski definition) is 0. The van der Waals surface area contributed by atoms with Crippen LogP contribution < -0.4 is 15.4 Å². The molecule has 0 aliphatic carbocycles. The molecule has 0 N–H and O–H groups in total. The second-order valence-electron chi connectivity index (χ2n) is 8.17. The number of alkyl halides is 3. The van der Waals surface area contributed by atoms with Crippen LogP contribution in [-0.2, 0) is 11.3 Å². The Morgan fingerprint density at radius 2 is 2.12 bits per heavy atom. The molecular formula is C20H19ClF3N5O3. The van der Waals surface area contributed by atoms with Gasteiger partial charge in [0.05, 0.1) is 25.3 Å². The molecule has 0 spiro atoms. The van der Waals surface area contributed by atoms with Crippen molar-refractivity contribution < 1.29 is 22.7 Å². The van der Waals surface area contributed by atoms with E-state index < -0.39 is 30.1 Å². The van der Waals surface area contributed by atoms with E-state index in [9.17, 15) is 22.8 Å². The summed E-state index contributed by atoms with van der Waals surface area (Å²) in [5, 5.41) is 0.166. The standard InChI is InChI=1S/C20H19ClF3N5O3/c21-16-2-1-11(7-25-16)14(30)9-29-15(20(22,23)24)3-4-27-18(31)6-17(26-19(27)29)28-8-13-5-12(28)10-32-13/h1-2,6-7,12-13,15H,3-5,8-10H2/t12?,13?,15-/m0/s1. The first kappa shape index (κ1) is 21.2. The number of halogens is 4. The van der Waals surface area contributed by atoms with Crippen molar-refractivity contribution in [1.29, 1.82) is 0 Å². The molecular weight excluding hydrogens is 451 g/mol. The number of pyridine rings is 1. The lowest BCUT2D eigenvalue weighted by atomic mass is 10.1. The van der Waals surface area contributed by atoms with Crippen LogP contribution >= 0.6 is 11.6 Å². The Morgan fingerprint density at radius 3 is 2.75 bits per heavy atom. The van der Waals surface area contributed by atoms with Gasteiger partial charge in [0, 0.05) is 30.9 Å². The molecule has 5 rings (SSSR count). The third-order valence-corrected chi connectivity index (χ3v) is 6.39. The highest BCUT2D eigenvalue weighted by molar-refractivity contribution is 6.29. The van der Waals surface area contributed by atoms with Crippen LogP contribution in [0.25, 0.3) is 0 Å². The van der Waals surface area contributed by atoms with Crippen molar-refractivity contribution in [2.24, 2.45) is 0 Å². The fraction of sp³-hybridized carbons (Fsp3) is 0.500. The highest BCUT2D eigenvalue weighted by atomic mass is 35.5. The quantitative estimate of drug-likeness (QED) is 0.502. The monoisotopic (exact) mass is 469 g/mol. The van der Waals surface area contributed by atoms with Crippen LogP contribution in [0.4, 0.5) is 24.9 Å². The molecule has 0 radical (unpaired) electrons. The first-order chi connectivity index (χ1) is 15.2. The van der Waals surface area contributed by atoms with Crippen molar-refractivity contribution in [1.82, 2.24) is 14.5 Å². The van der Waals surface area contributed by atoms with Gasteiger partial charge in [0.15, 0.2) is 5.78 Å². The number of aromatic nitrogens is 3. The highest BCUT2D eigenvalue weighted by Crippen LogP contribution is 2.36. The fourth-order valence-corrected chi connectivity index (χ4v) is 4.71. The molecule has 8 nitrogen and oxygen atoms in total. The Bertz CT molecular complexity index is 1110. The zero-order chi connectivity index (χ0) is 22.6. The van der Waals surface area contributed by atoms with Gasteiger partial charge in [-0.25, -0.2) is 4.98 Å². The molecule has 2 bridgehead atoms. The smallest absolute Gasteiger partial charge is 0.374 e. The summed E-state index contributed by atoms with van der Waals surface area (Å²) in [7, 11) is 0. The van der Waals surface area contributed by atoms with Gasteiger partial charge in [-0.1, -0.05) is 11.6 Å². The van der Waals surface area contributed by atoms with E-state index in [0.29, 0.717) is 19.0 Å². The molecule has 0 amide bonds. The number of hydrogen-bond acceptors (Lipinski definition) is 7. The van der Waals surface area contributed by atoms with Gasteiger partial charge in [0.25, 0.3) is 5.56 Å². The molecule has 2 fully saturated rings. The first-order valence-corrected chi connectivity index (χ1v) is 10.6. The van der Waals surface area contributed by atoms with E-state index >= 15 is 0 Å². The molecule has 3 atom stereocenters. The third-order valence-electron chi connectivity index (χ3n) is 6.17. The van der Waals surface area contributed by atoms with Crippen LogP contribution in [0.5, 0.6) is 0 Å². The van der Waals surface area contributed by atoms with Crippen molar-refractivity contribution >= 4 is 29.2 Å². The average Bonchev–Trinajstić information content (AvgIpc) is 3.37. The molecule has 0 aromatic carbocycles. The summed E-state index contributed by atoms with van der Waals surface area (Å²) in [6, 6.07) is 2.24. The van der Waals surface area contributed by atoms with Crippen LogP contribution in [-0.4, -0.2) is 64.4 Å². The molecule has 2 aromatic rings. The Morgan fingerprint density at radius 1 is 1.31 bits per heavy atom. The van der Waals surface area contributed by atoms with E-state index in [1.165, 1.54) is 29.0 Å². The van der Waals surface area contributed by atoms with Crippen molar-refractivity contribution in [2.45, 2.75) is 43.8 Å². The molecule has 3 aliphatic heterocycles. The number of carbonyl (C=O) groups is 1. The molecule has 2 aromatic heterocycles. The summed E-state index contributed by atoms with van der Waals surface area (Å²) >= 11 is 5.74. The fourth-order valence-electron chi connectivity index (χ4n) is 4.59. The van der Waals surface area contributed by atoms with Gasteiger partial charge in [0.2, 0.25) is 5.95 Å². The second-order valence-corrected chi connectivity index (χ2v) is 8.56. The van der Waals surface area contributed by atoms with Gasteiger partial charge in [-0.3, -0.25) is 14.2 Å². The molecule has 170 valence electrons. The Kier molecular flexibility index (Phi) is 5.12. The van der Waals surface area contributed by atoms with Gasteiger partial charge >= 0.3 is 6.18 Å². The van der Waals surface area contributed by atoms with E-state index in [0.717, 1.165) is 11.3 Å². The number of carbonyl (C=O) groups excluding carboxylic acids is 1. The van der Waals surface area contributed by atoms with Crippen molar-refractivity contribution in [3.05, 3.63) is 45.5 Å². The van der Waals surface area contributed by atoms with Crippen LogP contribution in [0.3, 0.4) is 0 Å². The largest absolute Gasteiger partial charge is 0.408 e. The Hall–Kier alpha value is -2.66. The van der Waals surface area contributed by atoms with Gasteiger partial charge in [0.1, 0.15) is 17.0 Å². The number of anilines is 2. The maximum Gasteiger partial charge on any atom is 0.408 e. The zero-order valence-electron chi connectivity index (χ0n) is 16.8. The Labute approximate surface area is 185 Å². The van der Waals surface area contributed by atoms with E-state index in [2.05, 4.69) is 9.97 Å². The van der Waals surface area contributed by atoms with E-state index in [1.807, 2.05) is 4.90 Å². The van der Waals surface area contributed by atoms with Gasteiger partial charge in [-0.2, -0.15) is 18.2 Å². The van der Waals surface area contributed by atoms with Crippen molar-refractivity contribution in [2.75, 3.05) is 29.5 Å². The summed E-state index contributed by atoms with van der Waals surface area (Å²) < 4.78 is 48.4. The number of morpholine rings is 1. The second kappa shape index (κ2) is 7.73. The first-order valence-electron chi connectivity index (χ1n) is 10.2. The predicted octanol–water partition coefficient (Wildman–Crippen LogP) is 2.29. The van der Waals surface area contributed by atoms with Crippen molar-refractivity contribution in [3.8, 4) is 0 Å². The topological polar surface area (TPSA) is 80.6 Å². The normalized spacial score (nSPS) is 24.7. The lowest BCUT2D eigenvalue weighted by Gasteiger charge is -2.39. The molecule has 2 unspecified atom stereocenters. The minimum absolute atomic E-state index is 0.0265. The van der Waals surface area contributed by atoms with Crippen LogP contribution in [0.2, 0.25) is 5.15 Å². The highest BCUT2D eigenvalue weighted by Gasteiger charge is 2.48. The van der Waals surface area contributed by atoms with Crippen molar-refractivity contribution in [3.63, 3.8) is 0 Å². The molecule has 32 heavy (non-hydrogen) atoms. The zero-order valence-corrected chi connectivity index (χ0v) is 17.5. The average molecular weight is 470 g/mol. The van der Waals surface area contributed by atoms with E-state index in [1.54, 1.807) is 0 Å². The minimum atomic E-state index is -4.60. The molecule has 12 heteroatoms. The minimum Gasteiger partial charge on any atom is -0.374 e. The SMILES string of the molecule is O=C(CN1c2nc(N3CC4CC3CO4)cc(=O)n2CC[C@H]1C(F)(F)F)c1ccc(Cl)nc1. The van der Waals surface area contributed by atoms with Gasteiger partial charge < -0.3 is 14.5 Å². The summed E-state index contributed by atoms with van der Waals surface area (Å²) in [5.74, 6) is -0.421. The predicted molar refractivity (Wildman–Crippen MR) is 109 cm³/mol. The maximum absolute atomic E-state index is 13.9. The van der Waals surface area contributed by atoms with Crippen LogP contribution in [0.15, 0.2) is 29.2 Å². The van der Waals surface area contributed by atoms with E-state index in [4.69, 9.17) is 16.3 Å². The maximum atomic E-state index is 13.9. The summed E-state index contributed by atoms with van der Waals surface area (Å²) in [6.45, 7) is 0.285. The number of fused-ring (bicyclic) bond motifs is 3. The number of ketones is 1. The number of rotatable bonds is 4. The lowest BCUT2D eigenvalue weighted by Crippen LogP contribution is -2.54. The molecule has 2 saturated heterocycles. The summed E-state index contributed by atoms with van der Waals surface area (Å²) in [4.78, 5) is 36.7. The molecule has 3 aliphatic rings. The summed E-state index contributed by atoms with van der Waals surface area (Å²) in [5.41, 5.74) is -0.320. The van der Waals surface area contributed by atoms with Crippen LogP contribution in [0, 0.1) is 0 Å². The number of Topliss-reactive ketones (excluding diaryl/α,β-unsaturated/α-hetero) is 1. The van der Waals surface area contributed by atoms with Gasteiger partial charge in [-0.05, 0) is 25.0 Å². The lowest BCUT2D eigenvalue weighted by molar-refractivity contribution is -0.152. The van der Waals surface area contributed by atoms with Crippen LogP contribution in [0.1, 0.15) is 23.2 Å². The Balaban J connectivity index is 1.53. The van der Waals surface area contributed by atoms with E-state index in [-0.39, 0.29) is 41.8 Å².